The molecular weight excluding hydrogens is 757 g/mol. The predicted molar refractivity (Wildman–Crippen MR) is 264 cm³/mol. The van der Waals surface area contributed by atoms with Crippen LogP contribution in [-0.4, -0.2) is 4.40 Å². The number of anilines is 3. The highest BCUT2D eigenvalue weighted by Crippen LogP contribution is 2.47. The van der Waals surface area contributed by atoms with Crippen LogP contribution in [0.15, 0.2) is 194 Å². The Labute approximate surface area is 359 Å². The highest BCUT2D eigenvalue weighted by atomic mass is 32.1. The monoisotopic (exact) mass is 798 g/mol. The molecule has 12 aromatic rings. The van der Waals surface area contributed by atoms with Gasteiger partial charge in [0.2, 0.25) is 0 Å². The minimum atomic E-state index is 0.305. The summed E-state index contributed by atoms with van der Waals surface area (Å²) in [5.74, 6) is 0.305. The molecule has 0 aliphatic heterocycles. The van der Waals surface area contributed by atoms with Gasteiger partial charge in [-0.1, -0.05) is 159 Å². The van der Waals surface area contributed by atoms with Gasteiger partial charge in [0.25, 0.3) is 0 Å². The molecule has 0 atom stereocenters. The normalized spacial score (nSPS) is 12.0. The summed E-state index contributed by atoms with van der Waals surface area (Å²) in [6.45, 7) is 6.93. The van der Waals surface area contributed by atoms with E-state index in [2.05, 4.69) is 224 Å². The predicted octanol–water partition coefficient (Wildman–Crippen LogP) is 17.1. The molecule has 61 heavy (non-hydrogen) atoms. The molecule has 0 saturated carbocycles. The summed E-state index contributed by atoms with van der Waals surface area (Å²) >= 11 is 1.88. The molecule has 9 aromatic carbocycles. The number of hydrogen-bond acceptors (Lipinski definition) is 2. The van der Waals surface area contributed by atoms with Gasteiger partial charge in [-0.2, -0.15) is 0 Å². The molecule has 290 valence electrons. The SMILES string of the molecule is Cc1cc(-c2cccc3c2c2cccc4c5ccccc5n3c42)ccc1-c1ccc(N(c2ccc(-c3ccccc3)cc2)c2cccc3c2sc2ccccc23)cc1C(C)C. The quantitative estimate of drug-likeness (QED) is 0.156. The Balaban J connectivity index is 0.989. The van der Waals surface area contributed by atoms with Crippen molar-refractivity contribution in [1.82, 2.24) is 4.40 Å². The summed E-state index contributed by atoms with van der Waals surface area (Å²) in [6.07, 6.45) is 0. The Hall–Kier alpha value is -7.20. The van der Waals surface area contributed by atoms with Gasteiger partial charge in [-0.15, -0.1) is 11.3 Å². The molecule has 3 aromatic heterocycles. The minimum Gasteiger partial charge on any atom is -0.309 e. The van der Waals surface area contributed by atoms with Crippen molar-refractivity contribution in [3.8, 4) is 33.4 Å². The van der Waals surface area contributed by atoms with E-state index in [0.717, 1.165) is 11.4 Å². The second-order valence-corrected chi connectivity index (χ2v) is 17.8. The van der Waals surface area contributed by atoms with E-state index >= 15 is 0 Å². The van der Waals surface area contributed by atoms with Crippen LogP contribution in [0.25, 0.3) is 91.6 Å². The highest BCUT2D eigenvalue weighted by molar-refractivity contribution is 7.26. The summed E-state index contributed by atoms with van der Waals surface area (Å²) in [7, 11) is 0. The standard InChI is InChI=1S/C58H42N2S/c1-36(2)51-35-42(59(41-29-26-39(27-30-41)38-14-5-4-6-15-38)54-24-13-20-49-47-17-8-10-25-55(47)61-58(49)54)31-33-45(51)43-32-28-40(34-37(43)3)44-18-12-23-53-56(44)50-21-11-19-48-46-16-7-9-22-52(46)60(53)57(48)50/h4-36H,1-3H3. The Bertz CT molecular complexity index is 3630. The zero-order valence-corrected chi connectivity index (χ0v) is 35.2. The first-order chi connectivity index (χ1) is 30.0. The minimum absolute atomic E-state index is 0.305. The fourth-order valence-corrected chi connectivity index (χ4v) is 11.2. The van der Waals surface area contributed by atoms with Gasteiger partial charge in [0, 0.05) is 48.4 Å². The van der Waals surface area contributed by atoms with Crippen molar-refractivity contribution in [3.63, 3.8) is 0 Å². The maximum atomic E-state index is 2.47. The molecule has 0 saturated heterocycles. The topological polar surface area (TPSA) is 7.65 Å². The number of rotatable bonds is 7. The molecule has 0 amide bonds. The van der Waals surface area contributed by atoms with E-state index in [-0.39, 0.29) is 0 Å². The third-order valence-electron chi connectivity index (χ3n) is 12.8. The number of fused-ring (bicyclic) bond motifs is 9. The van der Waals surface area contributed by atoms with Gasteiger partial charge in [0.1, 0.15) is 0 Å². The number of benzene rings is 9. The smallest absolute Gasteiger partial charge is 0.0640 e. The van der Waals surface area contributed by atoms with Crippen molar-refractivity contribution in [2.24, 2.45) is 0 Å². The molecule has 0 unspecified atom stereocenters. The van der Waals surface area contributed by atoms with Crippen LogP contribution >= 0.6 is 11.3 Å². The van der Waals surface area contributed by atoms with Crippen LogP contribution in [0.4, 0.5) is 17.1 Å². The third-order valence-corrected chi connectivity index (χ3v) is 14.1. The molecule has 0 aliphatic rings. The van der Waals surface area contributed by atoms with Crippen molar-refractivity contribution in [2.45, 2.75) is 26.7 Å². The zero-order chi connectivity index (χ0) is 40.8. The van der Waals surface area contributed by atoms with Gasteiger partial charge in [-0.05, 0) is 106 Å². The van der Waals surface area contributed by atoms with Crippen LogP contribution in [0.3, 0.4) is 0 Å². The Kier molecular flexibility index (Phi) is 8.16. The van der Waals surface area contributed by atoms with Gasteiger partial charge < -0.3 is 9.30 Å². The molecular formula is C58H42N2S. The zero-order valence-electron chi connectivity index (χ0n) is 34.4. The van der Waals surface area contributed by atoms with E-state index in [1.54, 1.807) is 0 Å². The number of hydrogen-bond donors (Lipinski definition) is 0. The Morgan fingerprint density at radius 2 is 1.10 bits per heavy atom. The average molecular weight is 799 g/mol. The van der Waals surface area contributed by atoms with Crippen LogP contribution in [0.5, 0.6) is 0 Å². The second kappa shape index (κ2) is 13.9. The molecule has 0 radical (unpaired) electrons. The number of nitrogens with zero attached hydrogens (tertiary/aromatic N) is 2. The second-order valence-electron chi connectivity index (χ2n) is 16.7. The molecule has 0 aliphatic carbocycles. The lowest BCUT2D eigenvalue weighted by atomic mass is 9.88. The first kappa shape index (κ1) is 35.7. The summed E-state index contributed by atoms with van der Waals surface area (Å²) in [6, 6.07) is 71.9. The third kappa shape index (κ3) is 5.54. The van der Waals surface area contributed by atoms with E-state index in [1.807, 2.05) is 11.3 Å². The summed E-state index contributed by atoms with van der Waals surface area (Å²) in [5.41, 5.74) is 17.4. The first-order valence-electron chi connectivity index (χ1n) is 21.3. The number of para-hydroxylation sites is 2. The van der Waals surface area contributed by atoms with Crippen molar-refractivity contribution in [3.05, 3.63) is 205 Å². The summed E-state index contributed by atoms with van der Waals surface area (Å²) < 4.78 is 5.07. The Morgan fingerprint density at radius 3 is 1.93 bits per heavy atom. The Morgan fingerprint density at radius 1 is 0.459 bits per heavy atom. The number of aromatic nitrogens is 1. The van der Waals surface area contributed by atoms with Gasteiger partial charge in [0.15, 0.2) is 0 Å². The summed E-state index contributed by atoms with van der Waals surface area (Å²) in [4.78, 5) is 2.47. The van der Waals surface area contributed by atoms with E-state index < -0.39 is 0 Å². The lowest BCUT2D eigenvalue weighted by molar-refractivity contribution is 0.868. The molecule has 0 bridgehead atoms. The van der Waals surface area contributed by atoms with E-state index in [9.17, 15) is 0 Å². The molecule has 0 N–H and O–H groups in total. The maximum Gasteiger partial charge on any atom is 0.0640 e. The molecule has 12 rings (SSSR count). The van der Waals surface area contributed by atoms with E-state index in [1.165, 1.54) is 108 Å². The van der Waals surface area contributed by atoms with Gasteiger partial charge in [-0.25, -0.2) is 0 Å². The van der Waals surface area contributed by atoms with Crippen molar-refractivity contribution in [1.29, 1.82) is 0 Å². The van der Waals surface area contributed by atoms with Crippen LogP contribution in [0, 0.1) is 6.92 Å². The fraction of sp³-hybridized carbons (Fsp3) is 0.0690. The van der Waals surface area contributed by atoms with Gasteiger partial charge in [-0.3, -0.25) is 0 Å². The van der Waals surface area contributed by atoms with Gasteiger partial charge >= 0.3 is 0 Å². The lowest BCUT2D eigenvalue weighted by Gasteiger charge is -2.28. The van der Waals surface area contributed by atoms with Crippen LogP contribution in [0.2, 0.25) is 0 Å². The number of thiophene rings is 1. The van der Waals surface area contributed by atoms with Gasteiger partial charge in [0.05, 0.1) is 26.9 Å². The largest absolute Gasteiger partial charge is 0.309 e. The number of aryl methyl sites for hydroxylation is 1. The van der Waals surface area contributed by atoms with Crippen LogP contribution in [-0.2, 0) is 0 Å². The van der Waals surface area contributed by atoms with Crippen molar-refractivity contribution >= 4 is 86.7 Å². The molecule has 0 spiro atoms. The maximum absolute atomic E-state index is 2.47. The highest BCUT2D eigenvalue weighted by Gasteiger charge is 2.23. The molecule has 3 heterocycles. The average Bonchev–Trinajstić information content (AvgIpc) is 3.98. The molecule has 3 heteroatoms. The van der Waals surface area contributed by atoms with Crippen LogP contribution in [0.1, 0.15) is 30.9 Å². The molecule has 2 nitrogen and oxygen atoms in total. The summed E-state index contributed by atoms with van der Waals surface area (Å²) in [5, 5.41) is 7.85. The fourth-order valence-electron chi connectivity index (χ4n) is 10.0. The van der Waals surface area contributed by atoms with Crippen molar-refractivity contribution < 1.29 is 0 Å². The van der Waals surface area contributed by atoms with Crippen molar-refractivity contribution in [2.75, 3.05) is 4.90 Å². The molecule has 0 fully saturated rings. The first-order valence-corrected chi connectivity index (χ1v) is 22.1. The van der Waals surface area contributed by atoms with E-state index in [4.69, 9.17) is 0 Å². The van der Waals surface area contributed by atoms with E-state index in [0.29, 0.717) is 5.92 Å². The lowest BCUT2D eigenvalue weighted by Crippen LogP contribution is -2.11. The van der Waals surface area contributed by atoms with Crippen LogP contribution < -0.4 is 4.90 Å².